The third kappa shape index (κ3) is 6.57. The minimum atomic E-state index is -0.614. The largest absolute Gasteiger partial charge is 0.484 e. The first-order valence-corrected chi connectivity index (χ1v) is 9.79. The molecule has 0 saturated heterocycles. The lowest BCUT2D eigenvalue weighted by atomic mass is 10.1. The van der Waals surface area contributed by atoms with Crippen LogP contribution in [0, 0.1) is 6.92 Å². The molecule has 1 unspecified atom stereocenters. The van der Waals surface area contributed by atoms with Crippen LogP contribution in [0.2, 0.25) is 5.02 Å². The lowest BCUT2D eigenvalue weighted by Gasteiger charge is -2.28. The molecule has 2 rings (SSSR count). The van der Waals surface area contributed by atoms with Crippen molar-refractivity contribution in [1.29, 1.82) is 0 Å². The van der Waals surface area contributed by atoms with Crippen molar-refractivity contribution >= 4 is 23.4 Å². The van der Waals surface area contributed by atoms with Crippen LogP contribution in [0.15, 0.2) is 48.5 Å². The van der Waals surface area contributed by atoms with Crippen molar-refractivity contribution in [1.82, 2.24) is 10.2 Å². The zero-order valence-electron chi connectivity index (χ0n) is 16.6. The summed E-state index contributed by atoms with van der Waals surface area (Å²) >= 11 is 5.94. The monoisotopic (exact) mass is 402 g/mol. The molecule has 0 heterocycles. The molecule has 1 N–H and O–H groups in total. The van der Waals surface area contributed by atoms with E-state index >= 15 is 0 Å². The van der Waals surface area contributed by atoms with Crippen molar-refractivity contribution in [3.63, 3.8) is 0 Å². The Labute approximate surface area is 171 Å². The Morgan fingerprint density at radius 3 is 2.36 bits per heavy atom. The topological polar surface area (TPSA) is 58.6 Å². The van der Waals surface area contributed by atoms with Crippen LogP contribution in [0.25, 0.3) is 0 Å². The van der Waals surface area contributed by atoms with E-state index in [0.717, 1.165) is 17.5 Å². The van der Waals surface area contributed by atoms with Crippen LogP contribution in [0.1, 0.15) is 31.4 Å². The Balaban J connectivity index is 2.10. The van der Waals surface area contributed by atoms with E-state index in [0.29, 0.717) is 23.9 Å². The molecule has 0 aliphatic rings. The highest BCUT2D eigenvalue weighted by atomic mass is 35.5. The van der Waals surface area contributed by atoms with Crippen LogP contribution >= 0.6 is 11.6 Å². The Morgan fingerprint density at radius 1 is 1.11 bits per heavy atom. The highest BCUT2D eigenvalue weighted by molar-refractivity contribution is 6.30. The number of rotatable bonds is 9. The molecular weight excluding hydrogens is 376 g/mol. The summed E-state index contributed by atoms with van der Waals surface area (Å²) in [6.45, 7) is 6.43. The van der Waals surface area contributed by atoms with Gasteiger partial charge in [0.2, 0.25) is 5.91 Å². The molecule has 0 radical (unpaired) electrons. The van der Waals surface area contributed by atoms with Crippen molar-refractivity contribution in [2.24, 2.45) is 0 Å². The summed E-state index contributed by atoms with van der Waals surface area (Å²) in [5, 5.41) is 3.47. The van der Waals surface area contributed by atoms with Crippen LogP contribution in [0.3, 0.4) is 0 Å². The first-order chi connectivity index (χ1) is 13.4. The van der Waals surface area contributed by atoms with Crippen LogP contribution in [-0.2, 0) is 16.1 Å². The molecule has 0 aliphatic carbocycles. The number of halogens is 1. The summed E-state index contributed by atoms with van der Waals surface area (Å²) < 4.78 is 5.63. The number of aryl methyl sites for hydroxylation is 1. The number of carbonyl (C=O) groups excluding carboxylic acids is 2. The molecule has 150 valence electrons. The lowest BCUT2D eigenvalue weighted by molar-refractivity contribution is -0.142. The first-order valence-electron chi connectivity index (χ1n) is 9.41. The second-order valence-electron chi connectivity index (χ2n) is 6.72. The van der Waals surface area contributed by atoms with Gasteiger partial charge < -0.3 is 15.0 Å². The molecule has 2 amide bonds. The average molecular weight is 403 g/mol. The number of nitrogens with one attached hydrogen (secondary N) is 1. The third-order valence-corrected chi connectivity index (χ3v) is 4.62. The molecule has 0 bridgehead atoms. The first kappa shape index (κ1) is 21.8. The van der Waals surface area contributed by atoms with E-state index < -0.39 is 6.04 Å². The fraction of sp³-hybridized carbons (Fsp3) is 0.364. The predicted molar refractivity (Wildman–Crippen MR) is 111 cm³/mol. The maximum atomic E-state index is 12.9. The van der Waals surface area contributed by atoms with Crippen LogP contribution in [0.4, 0.5) is 0 Å². The van der Waals surface area contributed by atoms with Gasteiger partial charge in [0.25, 0.3) is 5.91 Å². The van der Waals surface area contributed by atoms with Gasteiger partial charge in [0.05, 0.1) is 0 Å². The highest BCUT2D eigenvalue weighted by Crippen LogP contribution is 2.15. The van der Waals surface area contributed by atoms with Gasteiger partial charge in [0.15, 0.2) is 6.61 Å². The van der Waals surface area contributed by atoms with E-state index in [4.69, 9.17) is 16.3 Å². The number of benzene rings is 2. The van der Waals surface area contributed by atoms with Crippen molar-refractivity contribution < 1.29 is 14.3 Å². The summed E-state index contributed by atoms with van der Waals surface area (Å²) in [7, 11) is 0. The minimum Gasteiger partial charge on any atom is -0.484 e. The second-order valence-corrected chi connectivity index (χ2v) is 7.15. The van der Waals surface area contributed by atoms with E-state index in [1.807, 2.05) is 50.2 Å². The van der Waals surface area contributed by atoms with Gasteiger partial charge in [-0.1, -0.05) is 48.4 Å². The number of carbonyl (C=O) groups is 2. The number of nitrogens with zero attached hydrogens (tertiary/aromatic N) is 1. The normalized spacial score (nSPS) is 11.6. The smallest absolute Gasteiger partial charge is 0.261 e. The van der Waals surface area contributed by atoms with E-state index in [-0.39, 0.29) is 18.4 Å². The molecule has 0 spiro atoms. The van der Waals surface area contributed by atoms with E-state index in [2.05, 4.69) is 5.32 Å². The summed E-state index contributed by atoms with van der Waals surface area (Å²) in [5.74, 6) is 0.183. The van der Waals surface area contributed by atoms with Gasteiger partial charge in [0.1, 0.15) is 11.8 Å². The van der Waals surface area contributed by atoms with Crippen molar-refractivity contribution in [2.45, 2.75) is 39.8 Å². The summed E-state index contributed by atoms with van der Waals surface area (Å²) in [5.41, 5.74) is 2.01. The number of hydrogen-bond acceptors (Lipinski definition) is 3. The quantitative estimate of drug-likeness (QED) is 0.690. The number of ether oxygens (including phenoxy) is 1. The Bertz CT molecular complexity index is 775. The predicted octanol–water partition coefficient (Wildman–Crippen LogP) is 3.97. The van der Waals surface area contributed by atoms with Gasteiger partial charge in [-0.15, -0.1) is 0 Å². The van der Waals surface area contributed by atoms with Crippen LogP contribution in [-0.4, -0.2) is 35.9 Å². The molecule has 2 aromatic carbocycles. The molecule has 0 fully saturated rings. The van der Waals surface area contributed by atoms with Crippen LogP contribution < -0.4 is 10.1 Å². The van der Waals surface area contributed by atoms with E-state index in [9.17, 15) is 9.59 Å². The van der Waals surface area contributed by atoms with Gasteiger partial charge in [-0.2, -0.15) is 0 Å². The third-order valence-electron chi connectivity index (χ3n) is 4.37. The Hall–Kier alpha value is -2.53. The fourth-order valence-corrected chi connectivity index (χ4v) is 2.75. The average Bonchev–Trinajstić information content (AvgIpc) is 2.70. The molecule has 0 saturated carbocycles. The summed E-state index contributed by atoms with van der Waals surface area (Å²) in [6, 6.07) is 14.1. The maximum absolute atomic E-state index is 12.9. The lowest BCUT2D eigenvalue weighted by Crippen LogP contribution is -2.49. The second kappa shape index (κ2) is 10.7. The minimum absolute atomic E-state index is 0.137. The Kier molecular flexibility index (Phi) is 8.33. The summed E-state index contributed by atoms with van der Waals surface area (Å²) in [4.78, 5) is 26.8. The number of amides is 2. The maximum Gasteiger partial charge on any atom is 0.261 e. The molecule has 28 heavy (non-hydrogen) atoms. The zero-order chi connectivity index (χ0) is 20.5. The molecule has 2 aromatic rings. The summed E-state index contributed by atoms with van der Waals surface area (Å²) in [6.07, 6.45) is 0.833. The zero-order valence-corrected chi connectivity index (χ0v) is 17.3. The molecule has 0 aromatic heterocycles. The van der Waals surface area contributed by atoms with Gasteiger partial charge in [0, 0.05) is 18.1 Å². The highest BCUT2D eigenvalue weighted by Gasteiger charge is 2.26. The molecule has 5 nitrogen and oxygen atoms in total. The van der Waals surface area contributed by atoms with E-state index in [1.165, 1.54) is 4.90 Å². The van der Waals surface area contributed by atoms with Crippen molar-refractivity contribution in [2.75, 3.05) is 13.2 Å². The molecular formula is C22H27ClN2O3. The molecule has 0 aliphatic heterocycles. The SMILES string of the molecule is CCCNC(=O)C(C)N(Cc1ccc(Cl)cc1)C(=O)COc1ccc(C)cc1. The van der Waals surface area contributed by atoms with Gasteiger partial charge >= 0.3 is 0 Å². The fourth-order valence-electron chi connectivity index (χ4n) is 2.63. The molecule has 1 atom stereocenters. The van der Waals surface area contributed by atoms with Crippen molar-refractivity contribution in [3.05, 3.63) is 64.7 Å². The van der Waals surface area contributed by atoms with Gasteiger partial charge in [-0.05, 0) is 50.1 Å². The van der Waals surface area contributed by atoms with Crippen molar-refractivity contribution in [3.8, 4) is 5.75 Å². The van der Waals surface area contributed by atoms with Gasteiger partial charge in [-0.3, -0.25) is 9.59 Å². The van der Waals surface area contributed by atoms with Gasteiger partial charge in [-0.25, -0.2) is 0 Å². The molecule has 6 heteroatoms. The number of hydrogen-bond donors (Lipinski definition) is 1. The Morgan fingerprint density at radius 2 is 1.75 bits per heavy atom. The standard InChI is InChI=1S/C22H27ClN2O3/c1-4-13-24-22(27)17(3)25(14-18-7-9-19(23)10-8-18)21(26)15-28-20-11-5-16(2)6-12-20/h5-12,17H,4,13-15H2,1-3H3,(H,24,27). The van der Waals surface area contributed by atoms with Crippen LogP contribution in [0.5, 0.6) is 5.75 Å². The van der Waals surface area contributed by atoms with E-state index in [1.54, 1.807) is 19.1 Å².